The summed E-state index contributed by atoms with van der Waals surface area (Å²) in [6.45, 7) is 2.06. The Kier molecular flexibility index (Phi) is 9.00. The number of benzene rings is 3. The number of nitrogens with one attached hydrogen (secondary N) is 1. The van der Waals surface area contributed by atoms with Gasteiger partial charge in [0.05, 0.1) is 17.8 Å². The number of aromatic hydroxyl groups is 2. The molecule has 2 amide bonds. The van der Waals surface area contributed by atoms with Crippen LogP contribution in [0.15, 0.2) is 90.0 Å². The van der Waals surface area contributed by atoms with E-state index in [4.69, 9.17) is 5.73 Å². The zero-order chi connectivity index (χ0) is 29.6. The lowest BCUT2D eigenvalue weighted by Crippen LogP contribution is -2.30. The SMILES string of the molecule is Cc1cc(S(=O)(=O)NCCCC(N)=O)cnc1-c1ccc(N(Cc2ccccc2)C(=O)c2ccc(O)cc2O)cc1. The second-order valence-electron chi connectivity index (χ2n) is 9.43. The number of hydrogen-bond acceptors (Lipinski definition) is 7. The second kappa shape index (κ2) is 12.6. The fourth-order valence-electron chi connectivity index (χ4n) is 4.24. The fraction of sp³-hybridized carbons (Fsp3) is 0.167. The first kappa shape index (κ1) is 29.2. The summed E-state index contributed by atoms with van der Waals surface area (Å²) in [4.78, 5) is 30.3. The Labute approximate surface area is 238 Å². The Morgan fingerprint density at radius 3 is 2.32 bits per heavy atom. The van der Waals surface area contributed by atoms with E-state index in [-0.39, 0.29) is 41.5 Å². The van der Waals surface area contributed by atoms with E-state index >= 15 is 0 Å². The van der Waals surface area contributed by atoms with E-state index in [9.17, 15) is 28.2 Å². The van der Waals surface area contributed by atoms with Crippen LogP contribution in [-0.4, -0.2) is 42.0 Å². The van der Waals surface area contributed by atoms with E-state index in [1.165, 1.54) is 29.3 Å². The van der Waals surface area contributed by atoms with Crippen molar-refractivity contribution < 1.29 is 28.2 Å². The summed E-state index contributed by atoms with van der Waals surface area (Å²) in [6, 6.07) is 21.8. The average molecular weight is 575 g/mol. The molecule has 0 radical (unpaired) electrons. The van der Waals surface area contributed by atoms with Gasteiger partial charge in [0.15, 0.2) is 0 Å². The van der Waals surface area contributed by atoms with E-state index in [0.717, 1.165) is 11.6 Å². The largest absolute Gasteiger partial charge is 0.508 e. The third-order valence-corrected chi connectivity index (χ3v) is 7.78. The average Bonchev–Trinajstić information content (AvgIpc) is 2.94. The lowest BCUT2D eigenvalue weighted by Gasteiger charge is -2.24. The predicted molar refractivity (Wildman–Crippen MR) is 155 cm³/mol. The highest BCUT2D eigenvalue weighted by Crippen LogP contribution is 2.30. The topological polar surface area (TPSA) is 163 Å². The monoisotopic (exact) mass is 574 g/mol. The quantitative estimate of drug-likeness (QED) is 0.198. The molecule has 0 spiro atoms. The minimum atomic E-state index is -3.81. The second-order valence-corrected chi connectivity index (χ2v) is 11.2. The molecule has 10 nitrogen and oxygen atoms in total. The van der Waals surface area contributed by atoms with Crippen LogP contribution in [0.5, 0.6) is 11.5 Å². The lowest BCUT2D eigenvalue weighted by molar-refractivity contribution is -0.118. The maximum absolute atomic E-state index is 13.5. The van der Waals surface area contributed by atoms with E-state index in [1.807, 2.05) is 30.3 Å². The van der Waals surface area contributed by atoms with Crippen LogP contribution in [0, 0.1) is 6.92 Å². The molecular weight excluding hydrogens is 544 g/mol. The number of aromatic nitrogens is 1. The van der Waals surface area contributed by atoms with Crippen LogP contribution in [0.3, 0.4) is 0 Å². The Morgan fingerprint density at radius 2 is 1.68 bits per heavy atom. The number of aryl methyl sites for hydroxylation is 1. The minimum Gasteiger partial charge on any atom is -0.508 e. The molecule has 4 aromatic rings. The van der Waals surface area contributed by atoms with Crippen molar-refractivity contribution in [3.8, 4) is 22.8 Å². The number of nitrogens with two attached hydrogens (primary N) is 1. The van der Waals surface area contributed by atoms with Crippen LogP contribution in [0.25, 0.3) is 11.3 Å². The van der Waals surface area contributed by atoms with Crippen molar-refractivity contribution in [1.82, 2.24) is 9.71 Å². The number of pyridine rings is 1. The number of rotatable bonds is 11. The van der Waals surface area contributed by atoms with Gasteiger partial charge >= 0.3 is 0 Å². The molecule has 0 atom stereocenters. The highest BCUT2D eigenvalue weighted by Gasteiger charge is 2.22. The minimum absolute atomic E-state index is 0.00258. The third-order valence-electron chi connectivity index (χ3n) is 6.35. The molecule has 0 unspecified atom stereocenters. The molecule has 11 heteroatoms. The van der Waals surface area contributed by atoms with Crippen LogP contribution >= 0.6 is 0 Å². The first-order valence-electron chi connectivity index (χ1n) is 12.8. The molecule has 1 heterocycles. The molecule has 0 aliphatic heterocycles. The van der Waals surface area contributed by atoms with Gasteiger partial charge in [-0.2, -0.15) is 0 Å². The summed E-state index contributed by atoms with van der Waals surface area (Å²) in [5, 5.41) is 20.0. The van der Waals surface area contributed by atoms with Gasteiger partial charge in [-0.1, -0.05) is 42.5 Å². The molecule has 0 aliphatic rings. The number of phenolic OH excluding ortho intramolecular Hbond substituents is 2. The molecule has 0 aliphatic carbocycles. The Bertz CT molecular complexity index is 1660. The van der Waals surface area contributed by atoms with E-state index in [2.05, 4.69) is 9.71 Å². The van der Waals surface area contributed by atoms with Gasteiger partial charge in [0, 0.05) is 36.5 Å². The van der Waals surface area contributed by atoms with Crippen LogP contribution in [-0.2, 0) is 21.4 Å². The van der Waals surface area contributed by atoms with Gasteiger partial charge in [-0.15, -0.1) is 0 Å². The van der Waals surface area contributed by atoms with Crippen molar-refractivity contribution >= 4 is 27.5 Å². The first-order chi connectivity index (χ1) is 19.5. The Hall–Kier alpha value is -4.74. The van der Waals surface area contributed by atoms with Gasteiger partial charge in [0.1, 0.15) is 16.4 Å². The number of hydrogen-bond donors (Lipinski definition) is 4. The number of nitrogens with zero attached hydrogens (tertiary/aromatic N) is 2. The summed E-state index contributed by atoms with van der Waals surface area (Å²) in [7, 11) is -3.81. The number of carbonyl (C=O) groups excluding carboxylic acids is 2. The fourth-order valence-corrected chi connectivity index (χ4v) is 5.35. The van der Waals surface area contributed by atoms with Gasteiger partial charge in [-0.3, -0.25) is 14.6 Å². The van der Waals surface area contributed by atoms with Crippen molar-refractivity contribution in [2.24, 2.45) is 5.73 Å². The van der Waals surface area contributed by atoms with Gasteiger partial charge < -0.3 is 20.8 Å². The normalized spacial score (nSPS) is 11.2. The highest BCUT2D eigenvalue weighted by atomic mass is 32.2. The molecule has 0 saturated heterocycles. The van der Waals surface area contributed by atoms with E-state index < -0.39 is 21.8 Å². The number of amides is 2. The van der Waals surface area contributed by atoms with Crippen LogP contribution in [0.4, 0.5) is 5.69 Å². The molecule has 41 heavy (non-hydrogen) atoms. The maximum atomic E-state index is 13.5. The number of anilines is 1. The zero-order valence-corrected chi connectivity index (χ0v) is 23.1. The number of primary amides is 1. The molecular formula is C30H30N4O6S. The summed E-state index contributed by atoms with van der Waals surface area (Å²) in [6.07, 6.45) is 1.65. The summed E-state index contributed by atoms with van der Waals surface area (Å²) in [5.41, 5.74) is 8.49. The van der Waals surface area contributed by atoms with Gasteiger partial charge in [-0.25, -0.2) is 13.1 Å². The van der Waals surface area contributed by atoms with Crippen molar-refractivity contribution in [3.05, 3.63) is 102 Å². The van der Waals surface area contributed by atoms with E-state index in [0.29, 0.717) is 28.9 Å². The summed E-state index contributed by atoms with van der Waals surface area (Å²) >= 11 is 0. The maximum Gasteiger partial charge on any atom is 0.262 e. The summed E-state index contributed by atoms with van der Waals surface area (Å²) in [5.74, 6) is -1.44. The number of carbonyl (C=O) groups is 2. The molecule has 0 fully saturated rings. The molecule has 212 valence electrons. The standard InChI is InChI=1S/C30H30N4O6S/c1-20-16-25(41(39,40)33-15-5-8-28(31)37)18-32-29(20)22-9-11-23(12-10-22)34(19-21-6-3-2-4-7-21)30(38)26-14-13-24(35)17-27(26)36/h2-4,6-7,9-14,16-18,33,35-36H,5,8,15,19H2,1H3,(H2,31,37). The van der Waals surface area contributed by atoms with Crippen molar-refractivity contribution in [3.63, 3.8) is 0 Å². The van der Waals surface area contributed by atoms with Gasteiger partial charge in [0.25, 0.3) is 5.91 Å². The van der Waals surface area contributed by atoms with Gasteiger partial charge in [0.2, 0.25) is 15.9 Å². The molecule has 0 saturated carbocycles. The smallest absolute Gasteiger partial charge is 0.262 e. The summed E-state index contributed by atoms with van der Waals surface area (Å²) < 4.78 is 27.7. The van der Waals surface area contributed by atoms with Crippen LogP contribution < -0.4 is 15.4 Å². The third kappa shape index (κ3) is 7.27. The Balaban J connectivity index is 1.59. The van der Waals surface area contributed by atoms with Gasteiger partial charge in [-0.05, 0) is 54.8 Å². The Morgan fingerprint density at radius 1 is 0.976 bits per heavy atom. The highest BCUT2D eigenvalue weighted by molar-refractivity contribution is 7.89. The first-order valence-corrected chi connectivity index (χ1v) is 14.3. The van der Waals surface area contributed by atoms with Crippen molar-refractivity contribution in [2.45, 2.75) is 31.2 Å². The number of phenols is 2. The van der Waals surface area contributed by atoms with Crippen molar-refractivity contribution in [2.75, 3.05) is 11.4 Å². The van der Waals surface area contributed by atoms with E-state index in [1.54, 1.807) is 31.2 Å². The molecule has 0 bridgehead atoms. The van der Waals surface area contributed by atoms with Crippen LogP contribution in [0.1, 0.15) is 34.3 Å². The zero-order valence-electron chi connectivity index (χ0n) is 22.3. The van der Waals surface area contributed by atoms with Crippen LogP contribution in [0.2, 0.25) is 0 Å². The molecule has 1 aromatic heterocycles. The van der Waals surface area contributed by atoms with Crippen molar-refractivity contribution in [1.29, 1.82) is 0 Å². The molecule has 3 aromatic carbocycles. The molecule has 4 rings (SSSR count). The molecule has 5 N–H and O–H groups in total. The number of sulfonamides is 1. The lowest BCUT2D eigenvalue weighted by atomic mass is 10.1. The predicted octanol–water partition coefficient (Wildman–Crippen LogP) is 3.86.